The zero-order valence-electron chi connectivity index (χ0n) is 14.4. The molecule has 0 bridgehead atoms. The maximum atomic E-state index is 12.5. The van der Waals surface area contributed by atoms with Crippen LogP contribution in [0.4, 0.5) is 17.2 Å². The number of amides is 1. The Labute approximate surface area is 156 Å². The molecule has 0 fully saturated rings. The Morgan fingerprint density at radius 1 is 1.04 bits per heavy atom. The average molecular weight is 383 g/mol. The molecule has 1 amide bonds. The number of carbonyl (C=O) groups is 1. The molecule has 0 radical (unpaired) electrons. The van der Waals surface area contributed by atoms with Gasteiger partial charge in [-0.15, -0.1) is 0 Å². The largest absolute Gasteiger partial charge is 0.382 e. The van der Waals surface area contributed by atoms with Gasteiger partial charge in [-0.25, -0.2) is 18.4 Å². The van der Waals surface area contributed by atoms with Crippen LogP contribution >= 0.6 is 0 Å². The standard InChI is InChI=1S/C18H17N5O3S/c1-12-7-8-13(22-18(24)16-17(19)21-10-9-20-16)11-15(12)23-27(25,26)14-5-3-2-4-6-14/h2-11,23H,1H3,(H2,19,21)(H,22,24). The summed E-state index contributed by atoms with van der Waals surface area (Å²) in [4.78, 5) is 20.2. The zero-order valence-corrected chi connectivity index (χ0v) is 15.2. The minimum atomic E-state index is -3.74. The van der Waals surface area contributed by atoms with Crippen LogP contribution in [0.5, 0.6) is 0 Å². The molecule has 0 aliphatic rings. The first kappa shape index (κ1) is 18.3. The molecule has 2 aromatic carbocycles. The van der Waals surface area contributed by atoms with Crippen LogP contribution in [0, 0.1) is 6.92 Å². The molecule has 0 spiro atoms. The molecule has 0 saturated carbocycles. The van der Waals surface area contributed by atoms with Gasteiger partial charge in [0.15, 0.2) is 11.5 Å². The zero-order chi connectivity index (χ0) is 19.4. The van der Waals surface area contributed by atoms with Crippen molar-refractivity contribution in [2.75, 3.05) is 15.8 Å². The minimum absolute atomic E-state index is 0.00659. The van der Waals surface area contributed by atoms with E-state index < -0.39 is 15.9 Å². The van der Waals surface area contributed by atoms with Crippen molar-refractivity contribution in [2.45, 2.75) is 11.8 Å². The van der Waals surface area contributed by atoms with E-state index in [-0.39, 0.29) is 16.4 Å². The van der Waals surface area contributed by atoms with Crippen molar-refractivity contribution in [3.05, 3.63) is 72.2 Å². The fourth-order valence-electron chi connectivity index (χ4n) is 2.33. The van der Waals surface area contributed by atoms with Gasteiger partial charge in [0.2, 0.25) is 0 Å². The van der Waals surface area contributed by atoms with Gasteiger partial charge in [-0.05, 0) is 36.8 Å². The number of anilines is 3. The van der Waals surface area contributed by atoms with Crippen LogP contribution in [0.1, 0.15) is 16.1 Å². The summed E-state index contributed by atoms with van der Waals surface area (Å²) in [5, 5.41) is 2.64. The van der Waals surface area contributed by atoms with Gasteiger partial charge in [-0.2, -0.15) is 0 Å². The van der Waals surface area contributed by atoms with E-state index >= 15 is 0 Å². The maximum Gasteiger partial charge on any atom is 0.278 e. The first-order valence-corrected chi connectivity index (χ1v) is 9.41. The van der Waals surface area contributed by atoms with Crippen molar-refractivity contribution in [3.63, 3.8) is 0 Å². The Bertz CT molecular complexity index is 1090. The molecule has 4 N–H and O–H groups in total. The number of aromatic nitrogens is 2. The Hall–Kier alpha value is -3.46. The smallest absolute Gasteiger partial charge is 0.278 e. The average Bonchev–Trinajstić information content (AvgIpc) is 2.65. The lowest BCUT2D eigenvalue weighted by Crippen LogP contribution is -2.17. The molecular weight excluding hydrogens is 366 g/mol. The molecule has 0 aliphatic heterocycles. The number of nitrogens with one attached hydrogen (secondary N) is 2. The highest BCUT2D eigenvalue weighted by Gasteiger charge is 2.16. The summed E-state index contributed by atoms with van der Waals surface area (Å²) in [6.07, 6.45) is 2.74. The van der Waals surface area contributed by atoms with Gasteiger partial charge in [0.25, 0.3) is 15.9 Å². The fourth-order valence-corrected chi connectivity index (χ4v) is 3.47. The van der Waals surface area contributed by atoms with E-state index in [0.29, 0.717) is 16.9 Å². The quantitative estimate of drug-likeness (QED) is 0.621. The van der Waals surface area contributed by atoms with Gasteiger partial charge in [0, 0.05) is 18.1 Å². The van der Waals surface area contributed by atoms with Crippen LogP contribution in [-0.2, 0) is 10.0 Å². The topological polar surface area (TPSA) is 127 Å². The van der Waals surface area contributed by atoms with Crippen LogP contribution in [0.25, 0.3) is 0 Å². The van der Waals surface area contributed by atoms with Gasteiger partial charge in [0.1, 0.15) is 0 Å². The summed E-state index contributed by atoms with van der Waals surface area (Å²) < 4.78 is 27.6. The summed E-state index contributed by atoms with van der Waals surface area (Å²) in [6, 6.07) is 12.9. The van der Waals surface area contributed by atoms with Crippen molar-refractivity contribution in [3.8, 4) is 0 Å². The predicted octanol–water partition coefficient (Wildman–Crippen LogP) is 2.42. The second-order valence-electron chi connectivity index (χ2n) is 5.69. The van der Waals surface area contributed by atoms with Crippen LogP contribution in [0.2, 0.25) is 0 Å². The Kier molecular flexibility index (Phi) is 5.04. The fraction of sp³-hybridized carbons (Fsp3) is 0.0556. The van der Waals surface area contributed by atoms with Crippen LogP contribution < -0.4 is 15.8 Å². The molecule has 0 saturated heterocycles. The van der Waals surface area contributed by atoms with Gasteiger partial charge < -0.3 is 11.1 Å². The molecule has 27 heavy (non-hydrogen) atoms. The Morgan fingerprint density at radius 3 is 2.44 bits per heavy atom. The lowest BCUT2D eigenvalue weighted by molar-refractivity contribution is 0.102. The molecule has 3 rings (SSSR count). The number of benzene rings is 2. The molecule has 1 aromatic heterocycles. The summed E-state index contributed by atoms with van der Waals surface area (Å²) in [7, 11) is -3.74. The third kappa shape index (κ3) is 4.21. The normalized spacial score (nSPS) is 11.0. The minimum Gasteiger partial charge on any atom is -0.382 e. The van der Waals surface area contributed by atoms with E-state index in [1.54, 1.807) is 37.3 Å². The SMILES string of the molecule is Cc1ccc(NC(=O)c2nccnc2N)cc1NS(=O)(=O)c1ccccc1. The van der Waals surface area contributed by atoms with E-state index in [9.17, 15) is 13.2 Å². The second-order valence-corrected chi connectivity index (χ2v) is 7.37. The van der Waals surface area contributed by atoms with E-state index in [0.717, 1.165) is 0 Å². The highest BCUT2D eigenvalue weighted by atomic mass is 32.2. The van der Waals surface area contributed by atoms with E-state index in [1.165, 1.54) is 30.6 Å². The van der Waals surface area contributed by atoms with E-state index in [1.807, 2.05) is 0 Å². The van der Waals surface area contributed by atoms with Gasteiger partial charge >= 0.3 is 0 Å². The third-order valence-corrected chi connectivity index (χ3v) is 5.12. The number of sulfonamides is 1. The molecule has 9 heteroatoms. The van der Waals surface area contributed by atoms with Gasteiger partial charge in [-0.1, -0.05) is 24.3 Å². The molecule has 138 valence electrons. The maximum absolute atomic E-state index is 12.5. The number of nitrogen functional groups attached to an aromatic ring is 1. The second kappa shape index (κ2) is 7.42. The lowest BCUT2D eigenvalue weighted by atomic mass is 10.2. The van der Waals surface area contributed by atoms with E-state index in [2.05, 4.69) is 20.0 Å². The molecule has 1 heterocycles. The summed E-state index contributed by atoms with van der Waals surface area (Å²) in [5.41, 5.74) is 7.08. The van der Waals surface area contributed by atoms with Crippen LogP contribution in [0.15, 0.2) is 65.8 Å². The number of carbonyl (C=O) groups excluding carboxylic acids is 1. The monoisotopic (exact) mass is 383 g/mol. The van der Waals surface area contributed by atoms with Gasteiger partial charge in [0.05, 0.1) is 10.6 Å². The number of nitrogens with zero attached hydrogens (tertiary/aromatic N) is 2. The number of hydrogen-bond donors (Lipinski definition) is 3. The summed E-state index contributed by atoms with van der Waals surface area (Å²) in [5.74, 6) is -0.534. The molecule has 0 aliphatic carbocycles. The molecule has 3 aromatic rings. The number of rotatable bonds is 5. The van der Waals surface area contributed by atoms with Crippen molar-refractivity contribution >= 4 is 33.1 Å². The first-order valence-electron chi connectivity index (χ1n) is 7.93. The first-order chi connectivity index (χ1) is 12.9. The number of nitrogens with two attached hydrogens (primary N) is 1. The van der Waals surface area contributed by atoms with Crippen molar-refractivity contribution in [1.29, 1.82) is 0 Å². The predicted molar refractivity (Wildman–Crippen MR) is 103 cm³/mol. The number of hydrogen-bond acceptors (Lipinski definition) is 6. The van der Waals surface area contributed by atoms with Crippen molar-refractivity contribution < 1.29 is 13.2 Å². The van der Waals surface area contributed by atoms with Gasteiger partial charge in [-0.3, -0.25) is 9.52 Å². The highest BCUT2D eigenvalue weighted by Crippen LogP contribution is 2.24. The summed E-state index contributed by atoms with van der Waals surface area (Å²) in [6.45, 7) is 1.76. The third-order valence-electron chi connectivity index (χ3n) is 3.73. The van der Waals surface area contributed by atoms with Crippen LogP contribution in [-0.4, -0.2) is 24.3 Å². The molecule has 8 nitrogen and oxygen atoms in total. The summed E-state index contributed by atoms with van der Waals surface area (Å²) >= 11 is 0. The van der Waals surface area contributed by atoms with Crippen molar-refractivity contribution in [2.24, 2.45) is 0 Å². The Balaban J connectivity index is 1.85. The highest BCUT2D eigenvalue weighted by molar-refractivity contribution is 7.92. The molecule has 0 atom stereocenters. The van der Waals surface area contributed by atoms with Crippen LogP contribution in [0.3, 0.4) is 0 Å². The molecule has 0 unspecified atom stereocenters. The Morgan fingerprint density at radius 2 is 1.74 bits per heavy atom. The number of aryl methyl sites for hydroxylation is 1. The molecular formula is C18H17N5O3S. The van der Waals surface area contributed by atoms with E-state index in [4.69, 9.17) is 5.73 Å². The van der Waals surface area contributed by atoms with Crippen molar-refractivity contribution in [1.82, 2.24) is 9.97 Å². The lowest BCUT2D eigenvalue weighted by Gasteiger charge is -2.13.